The minimum Gasteiger partial charge on any atom is -0.372 e. The van der Waals surface area contributed by atoms with Crippen LogP contribution in [-0.2, 0) is 0 Å². The van der Waals surface area contributed by atoms with E-state index < -0.39 is 0 Å². The van der Waals surface area contributed by atoms with Gasteiger partial charge in [0, 0.05) is 36.6 Å². The Morgan fingerprint density at radius 2 is 1.88 bits per heavy atom. The van der Waals surface area contributed by atoms with Gasteiger partial charge in [-0.1, -0.05) is 6.58 Å². The van der Waals surface area contributed by atoms with Crippen LogP contribution < -0.4 is 10.2 Å². The number of fused-ring (bicyclic) bond motifs is 1. The van der Waals surface area contributed by atoms with Gasteiger partial charge >= 0.3 is 0 Å². The van der Waals surface area contributed by atoms with Crippen molar-refractivity contribution >= 4 is 33.7 Å². The molecule has 4 rings (SSSR count). The van der Waals surface area contributed by atoms with Crippen molar-refractivity contribution in [3.63, 3.8) is 0 Å². The van der Waals surface area contributed by atoms with E-state index in [1.165, 1.54) is 24.9 Å². The average molecular weight is 344 g/mol. The van der Waals surface area contributed by atoms with Gasteiger partial charge in [-0.2, -0.15) is 0 Å². The maximum absolute atomic E-state index is 4.52. The fourth-order valence-electron chi connectivity index (χ4n) is 3.45. The molecule has 1 saturated heterocycles. The van der Waals surface area contributed by atoms with Crippen LogP contribution in [-0.4, -0.2) is 23.1 Å². The first-order chi connectivity index (χ1) is 12.7. The third kappa shape index (κ3) is 3.40. The zero-order chi connectivity index (χ0) is 17.9. The minimum absolute atomic E-state index is 0.825. The first-order valence-electron chi connectivity index (χ1n) is 9.23. The van der Waals surface area contributed by atoms with Crippen LogP contribution in [0.3, 0.4) is 0 Å². The zero-order valence-electron chi connectivity index (χ0n) is 15.2. The van der Waals surface area contributed by atoms with Gasteiger partial charge in [0.05, 0.1) is 11.2 Å². The highest BCUT2D eigenvalue weighted by Crippen LogP contribution is 2.30. The molecule has 0 bridgehead atoms. The summed E-state index contributed by atoms with van der Waals surface area (Å²) in [6, 6.07) is 12.6. The molecule has 0 atom stereocenters. The van der Waals surface area contributed by atoms with Gasteiger partial charge in [0.2, 0.25) is 0 Å². The smallest absolute Gasteiger partial charge is 0.130 e. The minimum atomic E-state index is 0.825. The van der Waals surface area contributed by atoms with Crippen molar-refractivity contribution in [2.45, 2.75) is 26.2 Å². The first-order valence-corrected chi connectivity index (χ1v) is 9.23. The summed E-state index contributed by atoms with van der Waals surface area (Å²) in [5, 5.41) is 4.57. The fourth-order valence-corrected chi connectivity index (χ4v) is 3.45. The number of piperidine rings is 1. The normalized spacial score (nSPS) is 14.4. The molecule has 0 spiro atoms. The standard InChI is InChI=1S/C22H24N4/c1-16(2)17-6-9-22(24-15-17)25-21-10-11-23-20-8-7-18(14-19(20)21)26-12-4-3-5-13-26/h6-11,14-15H,1,3-5,12-13H2,2H3,(H,23,24,25). The lowest BCUT2D eigenvalue weighted by Gasteiger charge is -2.29. The van der Waals surface area contributed by atoms with Gasteiger partial charge in [0.15, 0.2) is 0 Å². The van der Waals surface area contributed by atoms with Crippen molar-refractivity contribution in [3.8, 4) is 0 Å². The van der Waals surface area contributed by atoms with Crippen molar-refractivity contribution in [2.24, 2.45) is 0 Å². The van der Waals surface area contributed by atoms with Crippen LogP contribution in [0.4, 0.5) is 17.2 Å². The molecular weight excluding hydrogens is 320 g/mol. The second kappa shape index (κ2) is 7.16. The number of pyridine rings is 2. The molecule has 132 valence electrons. The summed E-state index contributed by atoms with van der Waals surface area (Å²) < 4.78 is 0. The van der Waals surface area contributed by atoms with Crippen molar-refractivity contribution in [1.82, 2.24) is 9.97 Å². The molecule has 4 nitrogen and oxygen atoms in total. The molecular formula is C22H24N4. The average Bonchev–Trinajstić information content (AvgIpc) is 2.69. The molecule has 3 heterocycles. The van der Waals surface area contributed by atoms with Gasteiger partial charge in [-0.15, -0.1) is 0 Å². The van der Waals surface area contributed by atoms with Crippen LogP contribution in [0.2, 0.25) is 0 Å². The Morgan fingerprint density at radius 3 is 2.62 bits per heavy atom. The molecule has 0 radical (unpaired) electrons. The quantitative estimate of drug-likeness (QED) is 0.688. The lowest BCUT2D eigenvalue weighted by atomic mass is 10.1. The molecule has 26 heavy (non-hydrogen) atoms. The highest BCUT2D eigenvalue weighted by atomic mass is 15.1. The van der Waals surface area contributed by atoms with E-state index in [1.54, 1.807) is 0 Å². The third-order valence-corrected chi connectivity index (χ3v) is 4.97. The number of anilines is 3. The van der Waals surface area contributed by atoms with E-state index in [4.69, 9.17) is 0 Å². The predicted molar refractivity (Wildman–Crippen MR) is 110 cm³/mol. The van der Waals surface area contributed by atoms with Crippen LogP contribution in [0.1, 0.15) is 31.7 Å². The van der Waals surface area contributed by atoms with Crippen LogP contribution in [0.15, 0.2) is 55.4 Å². The van der Waals surface area contributed by atoms with E-state index in [-0.39, 0.29) is 0 Å². The molecule has 1 aliphatic heterocycles. The second-order valence-electron chi connectivity index (χ2n) is 6.95. The Labute approximate surface area is 154 Å². The predicted octanol–water partition coefficient (Wildman–Crippen LogP) is 5.40. The summed E-state index contributed by atoms with van der Waals surface area (Å²) in [6.07, 6.45) is 7.58. The number of allylic oxidation sites excluding steroid dienone is 1. The summed E-state index contributed by atoms with van der Waals surface area (Å²) in [7, 11) is 0. The molecule has 1 fully saturated rings. The zero-order valence-corrected chi connectivity index (χ0v) is 15.2. The van der Waals surface area contributed by atoms with Crippen LogP contribution in [0.5, 0.6) is 0 Å². The van der Waals surface area contributed by atoms with Crippen molar-refractivity contribution in [3.05, 3.63) is 60.9 Å². The van der Waals surface area contributed by atoms with Crippen LogP contribution in [0.25, 0.3) is 16.5 Å². The summed E-state index contributed by atoms with van der Waals surface area (Å²) in [4.78, 5) is 11.5. The van der Waals surface area contributed by atoms with Crippen molar-refractivity contribution in [2.75, 3.05) is 23.3 Å². The maximum Gasteiger partial charge on any atom is 0.130 e. The second-order valence-corrected chi connectivity index (χ2v) is 6.95. The van der Waals surface area contributed by atoms with Crippen LogP contribution >= 0.6 is 0 Å². The summed E-state index contributed by atoms with van der Waals surface area (Å²) in [5.41, 5.74) is 5.38. The Balaban J connectivity index is 1.66. The number of rotatable bonds is 4. The van der Waals surface area contributed by atoms with Crippen LogP contribution in [0, 0.1) is 0 Å². The largest absolute Gasteiger partial charge is 0.372 e. The number of benzene rings is 1. The first kappa shape index (κ1) is 16.6. The molecule has 0 aliphatic carbocycles. The highest BCUT2D eigenvalue weighted by Gasteiger charge is 2.12. The van der Waals surface area contributed by atoms with Gasteiger partial charge in [0.1, 0.15) is 5.82 Å². The molecule has 1 aromatic carbocycles. The maximum atomic E-state index is 4.52. The molecule has 4 heteroatoms. The van der Waals surface area contributed by atoms with E-state index in [2.05, 4.69) is 45.0 Å². The molecule has 3 aromatic rings. The highest BCUT2D eigenvalue weighted by molar-refractivity contribution is 5.94. The van der Waals surface area contributed by atoms with E-state index in [9.17, 15) is 0 Å². The topological polar surface area (TPSA) is 41.1 Å². The van der Waals surface area contributed by atoms with Crippen molar-refractivity contribution in [1.29, 1.82) is 0 Å². The van der Waals surface area contributed by atoms with Gasteiger partial charge in [0.25, 0.3) is 0 Å². The Hall–Kier alpha value is -2.88. The Morgan fingerprint density at radius 1 is 1.04 bits per heavy atom. The number of nitrogens with one attached hydrogen (secondary N) is 1. The van der Waals surface area contributed by atoms with Gasteiger partial charge in [-0.3, -0.25) is 4.98 Å². The molecule has 1 aliphatic rings. The molecule has 0 amide bonds. The van der Waals surface area contributed by atoms with Gasteiger partial charge in [-0.05, 0) is 73.7 Å². The van der Waals surface area contributed by atoms with E-state index in [0.29, 0.717) is 0 Å². The summed E-state index contributed by atoms with van der Waals surface area (Å²) in [5.74, 6) is 0.825. The number of hydrogen-bond donors (Lipinski definition) is 1. The van der Waals surface area contributed by atoms with Crippen molar-refractivity contribution < 1.29 is 0 Å². The lowest BCUT2D eigenvalue weighted by molar-refractivity contribution is 0.578. The fraction of sp³-hybridized carbons (Fsp3) is 0.273. The van der Waals surface area contributed by atoms with Gasteiger partial charge < -0.3 is 10.2 Å². The summed E-state index contributed by atoms with van der Waals surface area (Å²) in [6.45, 7) is 8.22. The molecule has 0 unspecified atom stereocenters. The molecule has 0 saturated carbocycles. The molecule has 1 N–H and O–H groups in total. The summed E-state index contributed by atoms with van der Waals surface area (Å²) >= 11 is 0. The van der Waals surface area contributed by atoms with E-state index in [0.717, 1.165) is 46.6 Å². The Kier molecular flexibility index (Phi) is 4.57. The number of hydrogen-bond acceptors (Lipinski definition) is 4. The third-order valence-electron chi connectivity index (χ3n) is 4.97. The van der Waals surface area contributed by atoms with E-state index in [1.807, 2.05) is 37.5 Å². The lowest BCUT2D eigenvalue weighted by Crippen LogP contribution is -2.29. The number of nitrogens with zero attached hydrogens (tertiary/aromatic N) is 3. The van der Waals surface area contributed by atoms with E-state index >= 15 is 0 Å². The molecule has 2 aromatic heterocycles. The SMILES string of the molecule is C=C(C)c1ccc(Nc2ccnc3ccc(N4CCCCC4)cc23)nc1. The van der Waals surface area contributed by atoms with Gasteiger partial charge in [-0.25, -0.2) is 4.98 Å². The Bertz CT molecular complexity index is 925. The monoisotopic (exact) mass is 344 g/mol. The number of aromatic nitrogens is 2.